The molecule has 0 bridgehead atoms. The number of aliphatic hydroxyl groups excluding tert-OH is 1. The fourth-order valence-corrected chi connectivity index (χ4v) is 2.23. The molecule has 1 unspecified atom stereocenters. The van der Waals surface area contributed by atoms with E-state index in [-0.39, 0.29) is 12.0 Å². The molecule has 1 aromatic carbocycles. The first-order chi connectivity index (χ1) is 9.31. The minimum absolute atomic E-state index is 0.0574. The van der Waals surface area contributed by atoms with Crippen molar-refractivity contribution >= 4 is 11.6 Å². The zero-order valence-corrected chi connectivity index (χ0v) is 11.5. The molecule has 2 rings (SSSR count). The van der Waals surface area contributed by atoms with Crippen LogP contribution in [0.15, 0.2) is 12.1 Å². The van der Waals surface area contributed by atoms with E-state index in [9.17, 15) is 18.3 Å². The minimum atomic E-state index is -1.35. The highest BCUT2D eigenvalue weighted by Gasteiger charge is 2.21. The van der Waals surface area contributed by atoms with Crippen LogP contribution in [0.1, 0.15) is 23.1 Å². The summed E-state index contributed by atoms with van der Waals surface area (Å²) in [6.07, 6.45) is -1.41. The van der Waals surface area contributed by atoms with E-state index in [0.29, 0.717) is 28.5 Å². The molecule has 7 heteroatoms. The van der Waals surface area contributed by atoms with Crippen molar-refractivity contribution in [3.05, 3.63) is 51.6 Å². The Bertz CT molecular complexity index is 658. The topological polar surface area (TPSA) is 38.0 Å². The zero-order valence-electron chi connectivity index (χ0n) is 10.8. The Kier molecular flexibility index (Phi) is 4.06. The van der Waals surface area contributed by atoms with Crippen LogP contribution < -0.4 is 0 Å². The molecule has 1 N–H and O–H groups in total. The Balaban J connectivity index is 2.33. The van der Waals surface area contributed by atoms with Crippen molar-refractivity contribution in [1.82, 2.24) is 9.78 Å². The fourth-order valence-electron chi connectivity index (χ4n) is 1.99. The summed E-state index contributed by atoms with van der Waals surface area (Å²) in [7, 11) is 1.63. The van der Waals surface area contributed by atoms with Crippen molar-refractivity contribution in [2.45, 2.75) is 19.4 Å². The molecule has 0 aliphatic heterocycles. The molecule has 3 nitrogen and oxygen atoms in total. The van der Waals surface area contributed by atoms with E-state index in [1.807, 2.05) is 0 Å². The van der Waals surface area contributed by atoms with Crippen molar-refractivity contribution in [3.8, 4) is 0 Å². The van der Waals surface area contributed by atoms with Crippen LogP contribution in [0.4, 0.5) is 13.2 Å². The molecule has 0 saturated carbocycles. The lowest BCUT2D eigenvalue weighted by Gasteiger charge is -2.13. The number of rotatable bonds is 3. The van der Waals surface area contributed by atoms with Gasteiger partial charge in [-0.2, -0.15) is 5.10 Å². The van der Waals surface area contributed by atoms with Crippen LogP contribution >= 0.6 is 11.6 Å². The quantitative estimate of drug-likeness (QED) is 0.885. The van der Waals surface area contributed by atoms with Crippen LogP contribution in [-0.4, -0.2) is 14.9 Å². The highest BCUT2D eigenvalue weighted by Crippen LogP contribution is 2.27. The van der Waals surface area contributed by atoms with Crippen molar-refractivity contribution in [1.29, 1.82) is 0 Å². The van der Waals surface area contributed by atoms with Crippen molar-refractivity contribution in [2.75, 3.05) is 0 Å². The molecule has 1 aromatic heterocycles. The first kappa shape index (κ1) is 14.9. The standard InChI is InChI=1S/C13H12ClF3N2O/c1-6-13(14)11(19(2)18-6)5-12(20)7-3-9(16)10(17)4-8(7)15/h3-4,12,20H,5H2,1-2H3. The average Bonchev–Trinajstić information content (AvgIpc) is 2.60. The molecule has 0 spiro atoms. The molecular weight excluding hydrogens is 293 g/mol. The summed E-state index contributed by atoms with van der Waals surface area (Å²) < 4.78 is 41.0. The second-order valence-electron chi connectivity index (χ2n) is 4.48. The summed E-state index contributed by atoms with van der Waals surface area (Å²) in [5.74, 6) is -3.52. The summed E-state index contributed by atoms with van der Waals surface area (Å²) in [4.78, 5) is 0. The lowest BCUT2D eigenvalue weighted by Crippen LogP contribution is -2.09. The number of aromatic nitrogens is 2. The van der Waals surface area contributed by atoms with E-state index in [1.165, 1.54) is 4.68 Å². The Labute approximate surface area is 118 Å². The monoisotopic (exact) mass is 304 g/mol. The van der Waals surface area contributed by atoms with Crippen LogP contribution in [0.2, 0.25) is 5.02 Å². The number of halogens is 4. The highest BCUT2D eigenvalue weighted by atomic mass is 35.5. The third kappa shape index (κ3) is 2.66. The molecule has 0 aliphatic rings. The van der Waals surface area contributed by atoms with Gasteiger partial charge in [0.1, 0.15) is 5.82 Å². The molecule has 1 heterocycles. The lowest BCUT2D eigenvalue weighted by molar-refractivity contribution is 0.170. The second-order valence-corrected chi connectivity index (χ2v) is 4.86. The third-order valence-corrected chi connectivity index (χ3v) is 3.54. The first-order valence-electron chi connectivity index (χ1n) is 5.81. The smallest absolute Gasteiger partial charge is 0.161 e. The van der Waals surface area contributed by atoms with E-state index >= 15 is 0 Å². The molecule has 0 aliphatic carbocycles. The van der Waals surface area contributed by atoms with Crippen LogP contribution in [-0.2, 0) is 13.5 Å². The van der Waals surface area contributed by atoms with E-state index in [2.05, 4.69) is 5.10 Å². The molecular formula is C13H12ClF3N2O. The summed E-state index contributed by atoms with van der Waals surface area (Å²) >= 11 is 6.02. The van der Waals surface area contributed by atoms with Gasteiger partial charge in [-0.15, -0.1) is 0 Å². The van der Waals surface area contributed by atoms with Gasteiger partial charge in [0.2, 0.25) is 0 Å². The van der Waals surface area contributed by atoms with Gasteiger partial charge in [0.25, 0.3) is 0 Å². The molecule has 0 fully saturated rings. The van der Waals surface area contributed by atoms with Crippen molar-refractivity contribution < 1.29 is 18.3 Å². The normalized spacial score (nSPS) is 12.8. The molecule has 0 saturated heterocycles. The number of hydrogen-bond acceptors (Lipinski definition) is 2. The maximum Gasteiger partial charge on any atom is 0.161 e. The Hall–Kier alpha value is -1.53. The zero-order chi connectivity index (χ0) is 15.0. The van der Waals surface area contributed by atoms with E-state index in [4.69, 9.17) is 11.6 Å². The van der Waals surface area contributed by atoms with Crippen LogP contribution in [0.5, 0.6) is 0 Å². The summed E-state index contributed by atoms with van der Waals surface area (Å²) in [6.45, 7) is 1.69. The van der Waals surface area contributed by atoms with Crippen LogP contribution in [0, 0.1) is 24.4 Å². The van der Waals surface area contributed by atoms with Gasteiger partial charge in [0.05, 0.1) is 22.5 Å². The average molecular weight is 305 g/mol. The van der Waals surface area contributed by atoms with Crippen molar-refractivity contribution in [2.24, 2.45) is 7.05 Å². The largest absolute Gasteiger partial charge is 0.388 e. The molecule has 1 atom stereocenters. The van der Waals surface area contributed by atoms with E-state index in [0.717, 1.165) is 0 Å². The predicted octanol–water partition coefficient (Wildman–Crippen LogP) is 3.08. The predicted molar refractivity (Wildman–Crippen MR) is 67.9 cm³/mol. The molecule has 108 valence electrons. The fraction of sp³-hybridized carbons (Fsp3) is 0.308. The van der Waals surface area contributed by atoms with Gasteiger partial charge in [-0.1, -0.05) is 11.6 Å². The van der Waals surface area contributed by atoms with E-state index < -0.39 is 23.6 Å². The number of benzene rings is 1. The Morgan fingerprint density at radius 2 is 1.85 bits per heavy atom. The molecule has 20 heavy (non-hydrogen) atoms. The van der Waals surface area contributed by atoms with E-state index in [1.54, 1.807) is 14.0 Å². The Morgan fingerprint density at radius 1 is 1.25 bits per heavy atom. The third-order valence-electron chi connectivity index (χ3n) is 3.05. The molecule has 2 aromatic rings. The number of aliphatic hydroxyl groups is 1. The van der Waals surface area contributed by atoms with Gasteiger partial charge in [-0.3, -0.25) is 4.68 Å². The Morgan fingerprint density at radius 3 is 2.40 bits per heavy atom. The van der Waals surface area contributed by atoms with Crippen molar-refractivity contribution in [3.63, 3.8) is 0 Å². The number of aryl methyl sites for hydroxylation is 2. The summed E-state index contributed by atoms with van der Waals surface area (Å²) in [5.41, 5.74) is 0.738. The van der Waals surface area contributed by atoms with Crippen LogP contribution in [0.25, 0.3) is 0 Å². The summed E-state index contributed by atoms with van der Waals surface area (Å²) in [6, 6.07) is 1.05. The van der Waals surface area contributed by atoms with Gasteiger partial charge in [0.15, 0.2) is 11.6 Å². The van der Waals surface area contributed by atoms with Gasteiger partial charge >= 0.3 is 0 Å². The SMILES string of the molecule is Cc1nn(C)c(CC(O)c2cc(F)c(F)cc2F)c1Cl. The summed E-state index contributed by atoms with van der Waals surface area (Å²) in [5, 5.41) is 14.4. The van der Waals surface area contributed by atoms with Gasteiger partial charge in [0, 0.05) is 25.1 Å². The van der Waals surface area contributed by atoms with Gasteiger partial charge < -0.3 is 5.11 Å². The van der Waals surface area contributed by atoms with Crippen LogP contribution in [0.3, 0.4) is 0 Å². The maximum absolute atomic E-state index is 13.6. The first-order valence-corrected chi connectivity index (χ1v) is 6.19. The lowest BCUT2D eigenvalue weighted by atomic mass is 10.0. The molecule has 0 amide bonds. The second kappa shape index (κ2) is 5.46. The number of nitrogens with zero attached hydrogens (tertiary/aromatic N) is 2. The number of hydrogen-bond donors (Lipinski definition) is 1. The minimum Gasteiger partial charge on any atom is -0.388 e. The molecule has 0 radical (unpaired) electrons. The highest BCUT2D eigenvalue weighted by molar-refractivity contribution is 6.31. The maximum atomic E-state index is 13.6. The van der Waals surface area contributed by atoms with Gasteiger partial charge in [-0.25, -0.2) is 13.2 Å². The van der Waals surface area contributed by atoms with Gasteiger partial charge in [-0.05, 0) is 13.0 Å².